The second kappa shape index (κ2) is 9.19. The third-order valence-electron chi connectivity index (χ3n) is 5.76. The molecule has 2 aliphatic rings. The lowest BCUT2D eigenvalue weighted by molar-refractivity contribution is 0.0830. The fraction of sp³-hybridized carbons (Fsp3) is 0.571. The van der Waals surface area contributed by atoms with E-state index in [-0.39, 0.29) is 6.03 Å². The van der Waals surface area contributed by atoms with Crippen molar-refractivity contribution in [2.75, 3.05) is 31.6 Å². The maximum absolute atomic E-state index is 12.4. The van der Waals surface area contributed by atoms with Gasteiger partial charge in [-0.25, -0.2) is 4.79 Å². The maximum Gasteiger partial charge on any atom is 0.321 e. The van der Waals surface area contributed by atoms with Crippen LogP contribution in [0.3, 0.4) is 0 Å². The highest BCUT2D eigenvalue weighted by atomic mass is 16.5. The first-order valence-electron chi connectivity index (χ1n) is 10.3. The van der Waals surface area contributed by atoms with Crippen LogP contribution < -0.4 is 5.32 Å². The lowest BCUT2D eigenvalue weighted by Crippen LogP contribution is -2.41. The first-order chi connectivity index (χ1) is 13.8. The molecular formula is C21H28N4O3. The molecule has 0 bridgehead atoms. The number of anilines is 1. The lowest BCUT2D eigenvalue weighted by atomic mass is 9.92. The van der Waals surface area contributed by atoms with Gasteiger partial charge in [-0.15, -0.1) is 0 Å². The molecule has 0 spiro atoms. The number of ether oxygens (including phenoxy) is 1. The first kappa shape index (κ1) is 18.9. The van der Waals surface area contributed by atoms with E-state index in [1.807, 2.05) is 35.2 Å². The van der Waals surface area contributed by atoms with Gasteiger partial charge in [0.15, 0.2) is 5.82 Å². The molecule has 2 fully saturated rings. The van der Waals surface area contributed by atoms with E-state index >= 15 is 0 Å². The Labute approximate surface area is 165 Å². The number of nitrogens with zero attached hydrogens (tertiary/aromatic N) is 3. The minimum absolute atomic E-state index is 0.0114. The summed E-state index contributed by atoms with van der Waals surface area (Å²) < 4.78 is 10.9. The van der Waals surface area contributed by atoms with Gasteiger partial charge in [0.05, 0.1) is 0 Å². The average Bonchev–Trinajstić information content (AvgIpc) is 3.23. The molecule has 0 unspecified atom stereocenters. The van der Waals surface area contributed by atoms with Crippen molar-refractivity contribution >= 4 is 11.7 Å². The molecule has 4 rings (SSSR count). The maximum atomic E-state index is 12.4. The molecule has 7 nitrogen and oxygen atoms in total. The van der Waals surface area contributed by atoms with Gasteiger partial charge in [0.1, 0.15) is 0 Å². The molecular weight excluding hydrogens is 356 g/mol. The normalized spacial score (nSPS) is 18.9. The summed E-state index contributed by atoms with van der Waals surface area (Å²) in [5, 5.41) is 7.14. The molecule has 3 heterocycles. The summed E-state index contributed by atoms with van der Waals surface area (Å²) in [6, 6.07) is 9.59. The van der Waals surface area contributed by atoms with Crippen LogP contribution in [0, 0.1) is 5.92 Å². The number of piperidine rings is 1. The van der Waals surface area contributed by atoms with Crippen molar-refractivity contribution in [1.29, 1.82) is 0 Å². The van der Waals surface area contributed by atoms with Crippen LogP contribution in [0.2, 0.25) is 0 Å². The number of para-hydroxylation sites is 1. The SMILES string of the molecule is O=C(Nc1ccccc1)N1CCC(CCc2nc(C3CCOCC3)no2)CC1. The summed E-state index contributed by atoms with van der Waals surface area (Å²) in [6.45, 7) is 3.15. The lowest BCUT2D eigenvalue weighted by Gasteiger charge is -2.31. The van der Waals surface area contributed by atoms with E-state index in [0.717, 1.165) is 82.2 Å². The Bertz CT molecular complexity index is 750. The highest BCUT2D eigenvalue weighted by Gasteiger charge is 2.24. The zero-order valence-corrected chi connectivity index (χ0v) is 16.2. The smallest absolute Gasteiger partial charge is 0.321 e. The standard InChI is InChI=1S/C21H28N4O3/c26-21(22-18-4-2-1-3-5-18)25-12-8-16(9-13-25)6-7-19-23-20(24-28-19)17-10-14-27-15-11-17/h1-5,16-17H,6-15H2,(H,22,26). The number of aryl methyl sites for hydroxylation is 1. The number of hydrogen-bond donors (Lipinski definition) is 1. The van der Waals surface area contributed by atoms with Gasteiger partial charge in [0.25, 0.3) is 0 Å². The second-order valence-electron chi connectivity index (χ2n) is 7.70. The number of benzene rings is 1. The topological polar surface area (TPSA) is 80.5 Å². The van der Waals surface area contributed by atoms with Gasteiger partial charge in [-0.3, -0.25) is 0 Å². The number of nitrogens with one attached hydrogen (secondary N) is 1. The molecule has 2 saturated heterocycles. The van der Waals surface area contributed by atoms with Gasteiger partial charge in [0, 0.05) is 44.3 Å². The van der Waals surface area contributed by atoms with Crippen LogP contribution in [0.5, 0.6) is 0 Å². The molecule has 0 saturated carbocycles. The highest BCUT2D eigenvalue weighted by Crippen LogP contribution is 2.26. The number of aromatic nitrogens is 2. The summed E-state index contributed by atoms with van der Waals surface area (Å²) in [5.41, 5.74) is 0.839. The molecule has 0 aliphatic carbocycles. The fourth-order valence-electron chi connectivity index (χ4n) is 3.97. The van der Waals surface area contributed by atoms with Gasteiger partial charge >= 0.3 is 6.03 Å². The van der Waals surface area contributed by atoms with Crippen molar-refractivity contribution in [3.63, 3.8) is 0 Å². The third-order valence-corrected chi connectivity index (χ3v) is 5.76. The van der Waals surface area contributed by atoms with Crippen molar-refractivity contribution in [2.45, 2.75) is 44.4 Å². The van der Waals surface area contributed by atoms with E-state index in [0.29, 0.717) is 11.8 Å². The fourth-order valence-corrected chi connectivity index (χ4v) is 3.97. The van der Waals surface area contributed by atoms with Crippen molar-refractivity contribution in [1.82, 2.24) is 15.0 Å². The Morgan fingerprint density at radius 2 is 1.86 bits per heavy atom. The molecule has 2 aromatic rings. The quantitative estimate of drug-likeness (QED) is 0.847. The van der Waals surface area contributed by atoms with E-state index < -0.39 is 0 Å². The third kappa shape index (κ3) is 4.90. The highest BCUT2D eigenvalue weighted by molar-refractivity contribution is 5.89. The Hall–Kier alpha value is -2.41. The van der Waals surface area contributed by atoms with E-state index in [2.05, 4.69) is 15.5 Å². The van der Waals surface area contributed by atoms with E-state index in [1.54, 1.807) is 0 Å². The first-order valence-corrected chi connectivity index (χ1v) is 10.3. The number of rotatable bonds is 5. The summed E-state index contributed by atoms with van der Waals surface area (Å²) in [4.78, 5) is 18.9. The molecule has 28 heavy (non-hydrogen) atoms. The summed E-state index contributed by atoms with van der Waals surface area (Å²) in [6.07, 6.45) is 5.83. The van der Waals surface area contributed by atoms with Gasteiger partial charge in [-0.1, -0.05) is 23.4 Å². The number of carbonyl (C=O) groups is 1. The van der Waals surface area contributed by atoms with Gasteiger partial charge < -0.3 is 19.5 Å². The molecule has 7 heteroatoms. The Morgan fingerprint density at radius 3 is 2.61 bits per heavy atom. The molecule has 1 aromatic carbocycles. The molecule has 1 N–H and O–H groups in total. The Kier molecular flexibility index (Phi) is 6.21. The predicted octanol–water partition coefficient (Wildman–Crippen LogP) is 3.84. The van der Waals surface area contributed by atoms with Crippen molar-refractivity contribution < 1.29 is 14.1 Å². The molecule has 2 aliphatic heterocycles. The monoisotopic (exact) mass is 384 g/mol. The number of carbonyl (C=O) groups excluding carboxylic acids is 1. The molecule has 1 aromatic heterocycles. The van der Waals surface area contributed by atoms with Crippen LogP contribution >= 0.6 is 0 Å². The van der Waals surface area contributed by atoms with E-state index in [1.165, 1.54) is 0 Å². The van der Waals surface area contributed by atoms with Gasteiger partial charge in [-0.2, -0.15) is 4.98 Å². The minimum atomic E-state index is -0.0114. The summed E-state index contributed by atoms with van der Waals surface area (Å²) in [5.74, 6) is 2.55. The molecule has 0 radical (unpaired) electrons. The van der Waals surface area contributed by atoms with E-state index in [9.17, 15) is 4.79 Å². The van der Waals surface area contributed by atoms with Crippen molar-refractivity contribution in [2.24, 2.45) is 5.92 Å². The minimum Gasteiger partial charge on any atom is -0.381 e. The van der Waals surface area contributed by atoms with Crippen LogP contribution in [0.4, 0.5) is 10.5 Å². The van der Waals surface area contributed by atoms with Gasteiger partial charge in [0.2, 0.25) is 5.89 Å². The van der Waals surface area contributed by atoms with Crippen LogP contribution in [-0.4, -0.2) is 47.4 Å². The Morgan fingerprint density at radius 1 is 1.11 bits per heavy atom. The van der Waals surface area contributed by atoms with Crippen LogP contribution in [-0.2, 0) is 11.2 Å². The molecule has 2 amide bonds. The zero-order valence-electron chi connectivity index (χ0n) is 16.2. The average molecular weight is 384 g/mol. The van der Waals surface area contributed by atoms with Crippen LogP contribution in [0.25, 0.3) is 0 Å². The predicted molar refractivity (Wildman–Crippen MR) is 105 cm³/mol. The molecule has 150 valence electrons. The number of urea groups is 1. The second-order valence-corrected chi connectivity index (χ2v) is 7.70. The van der Waals surface area contributed by atoms with Gasteiger partial charge in [-0.05, 0) is 50.2 Å². The summed E-state index contributed by atoms with van der Waals surface area (Å²) >= 11 is 0. The van der Waals surface area contributed by atoms with Crippen molar-refractivity contribution in [3.8, 4) is 0 Å². The number of hydrogen-bond acceptors (Lipinski definition) is 5. The van der Waals surface area contributed by atoms with Crippen LogP contribution in [0.15, 0.2) is 34.9 Å². The number of amides is 2. The summed E-state index contributed by atoms with van der Waals surface area (Å²) in [7, 11) is 0. The largest absolute Gasteiger partial charge is 0.381 e. The number of likely N-dealkylation sites (tertiary alicyclic amines) is 1. The Balaban J connectivity index is 1.19. The van der Waals surface area contributed by atoms with E-state index in [4.69, 9.17) is 9.26 Å². The molecule has 0 atom stereocenters. The van der Waals surface area contributed by atoms with Crippen molar-refractivity contribution in [3.05, 3.63) is 42.0 Å². The zero-order chi connectivity index (χ0) is 19.2. The van der Waals surface area contributed by atoms with Crippen LogP contribution in [0.1, 0.15) is 49.7 Å².